The van der Waals surface area contributed by atoms with Gasteiger partial charge >= 0.3 is 0 Å². The molecule has 1 aromatic rings. The third-order valence-electron chi connectivity index (χ3n) is 3.94. The summed E-state index contributed by atoms with van der Waals surface area (Å²) in [6.07, 6.45) is 4.01. The van der Waals surface area contributed by atoms with Crippen molar-refractivity contribution in [2.45, 2.75) is 37.2 Å². The van der Waals surface area contributed by atoms with Crippen LogP contribution in [0.3, 0.4) is 0 Å². The Kier molecular flexibility index (Phi) is 4.85. The molecule has 20 heavy (non-hydrogen) atoms. The van der Waals surface area contributed by atoms with Gasteiger partial charge in [-0.05, 0) is 38.9 Å². The van der Waals surface area contributed by atoms with E-state index in [1.54, 1.807) is 23.9 Å². The minimum absolute atomic E-state index is 0.227. The predicted molar refractivity (Wildman–Crippen MR) is 78.8 cm³/mol. The standard InChI is InChI=1S/C13H24N4O2S/c1-11(17-5-3-4-6-17)9-15-20(18,19)13-7-12(8-14)16(2)10-13/h7,10-11,15H,3-6,8-9,14H2,1-2H3. The maximum Gasteiger partial charge on any atom is 0.242 e. The average Bonchev–Trinajstić information content (AvgIpc) is 3.05. The van der Waals surface area contributed by atoms with E-state index in [-0.39, 0.29) is 10.9 Å². The number of sulfonamides is 1. The van der Waals surface area contributed by atoms with Gasteiger partial charge in [0.15, 0.2) is 0 Å². The van der Waals surface area contributed by atoms with Crippen molar-refractivity contribution >= 4 is 10.0 Å². The van der Waals surface area contributed by atoms with Crippen LogP contribution < -0.4 is 10.5 Å². The molecule has 1 aliphatic heterocycles. The second kappa shape index (κ2) is 6.26. The van der Waals surface area contributed by atoms with Crippen LogP contribution >= 0.6 is 0 Å². The number of aromatic nitrogens is 1. The summed E-state index contributed by atoms with van der Waals surface area (Å²) in [6, 6.07) is 1.85. The summed E-state index contributed by atoms with van der Waals surface area (Å²) in [6.45, 7) is 4.95. The van der Waals surface area contributed by atoms with Gasteiger partial charge in [-0.1, -0.05) is 0 Å². The number of likely N-dealkylation sites (tertiary alicyclic amines) is 1. The zero-order valence-electron chi connectivity index (χ0n) is 12.2. The van der Waals surface area contributed by atoms with Gasteiger partial charge in [0.25, 0.3) is 0 Å². The first-order chi connectivity index (χ1) is 9.44. The first-order valence-corrected chi connectivity index (χ1v) is 8.51. The van der Waals surface area contributed by atoms with Gasteiger partial charge in [0.2, 0.25) is 10.0 Å². The van der Waals surface area contributed by atoms with E-state index in [4.69, 9.17) is 5.73 Å². The van der Waals surface area contributed by atoms with Crippen molar-refractivity contribution in [3.63, 3.8) is 0 Å². The molecule has 0 aliphatic carbocycles. The molecule has 1 aromatic heterocycles. The maximum atomic E-state index is 12.2. The summed E-state index contributed by atoms with van der Waals surface area (Å²) in [7, 11) is -1.65. The van der Waals surface area contributed by atoms with Crippen LogP contribution in [0.25, 0.3) is 0 Å². The smallest absolute Gasteiger partial charge is 0.242 e. The van der Waals surface area contributed by atoms with Crippen LogP contribution in [-0.2, 0) is 23.6 Å². The minimum atomic E-state index is -3.45. The largest absolute Gasteiger partial charge is 0.352 e. The van der Waals surface area contributed by atoms with Gasteiger partial charge in [-0.15, -0.1) is 0 Å². The molecular formula is C13H24N4O2S. The lowest BCUT2D eigenvalue weighted by Crippen LogP contribution is -2.40. The molecule has 1 fully saturated rings. The summed E-state index contributed by atoms with van der Waals surface area (Å²) in [5.41, 5.74) is 6.37. The second-order valence-corrected chi connectivity index (χ2v) is 7.19. The summed E-state index contributed by atoms with van der Waals surface area (Å²) in [5, 5.41) is 0. The van der Waals surface area contributed by atoms with E-state index in [0.717, 1.165) is 18.8 Å². The van der Waals surface area contributed by atoms with E-state index in [1.807, 2.05) is 0 Å². The van der Waals surface area contributed by atoms with Gasteiger partial charge in [0.05, 0.1) is 4.90 Å². The van der Waals surface area contributed by atoms with Crippen LogP contribution in [0.15, 0.2) is 17.2 Å². The van der Waals surface area contributed by atoms with Gasteiger partial charge in [-0.25, -0.2) is 13.1 Å². The van der Waals surface area contributed by atoms with Crippen molar-refractivity contribution in [1.82, 2.24) is 14.2 Å². The normalized spacial score (nSPS) is 18.6. The highest BCUT2D eigenvalue weighted by Gasteiger charge is 2.22. The number of hydrogen-bond acceptors (Lipinski definition) is 4. The zero-order valence-corrected chi connectivity index (χ0v) is 13.0. The Balaban J connectivity index is 1.99. The highest BCUT2D eigenvalue weighted by atomic mass is 32.2. The van der Waals surface area contributed by atoms with Crippen molar-refractivity contribution in [3.8, 4) is 0 Å². The number of hydrogen-bond donors (Lipinski definition) is 2. The molecule has 2 rings (SSSR count). The van der Waals surface area contributed by atoms with Crippen molar-refractivity contribution in [2.75, 3.05) is 19.6 Å². The second-order valence-electron chi connectivity index (χ2n) is 5.43. The average molecular weight is 300 g/mol. The van der Waals surface area contributed by atoms with E-state index < -0.39 is 10.0 Å². The van der Waals surface area contributed by atoms with Crippen LogP contribution in [0, 0.1) is 0 Å². The van der Waals surface area contributed by atoms with Crippen LogP contribution in [0.4, 0.5) is 0 Å². The molecule has 1 atom stereocenters. The van der Waals surface area contributed by atoms with Gasteiger partial charge in [-0.2, -0.15) is 0 Å². The SMILES string of the molecule is CC(CNS(=O)(=O)c1cc(CN)n(C)c1)N1CCCC1. The minimum Gasteiger partial charge on any atom is -0.352 e. The lowest BCUT2D eigenvalue weighted by atomic mass is 10.3. The van der Waals surface area contributed by atoms with E-state index in [1.165, 1.54) is 12.8 Å². The van der Waals surface area contributed by atoms with Crippen molar-refractivity contribution < 1.29 is 8.42 Å². The third-order valence-corrected chi connectivity index (χ3v) is 5.33. The molecule has 114 valence electrons. The first kappa shape index (κ1) is 15.5. The molecule has 3 N–H and O–H groups in total. The number of nitrogens with two attached hydrogens (primary N) is 1. The maximum absolute atomic E-state index is 12.2. The number of nitrogens with one attached hydrogen (secondary N) is 1. The molecule has 0 bridgehead atoms. The molecular weight excluding hydrogens is 276 g/mol. The van der Waals surface area contributed by atoms with Gasteiger partial charge in [0, 0.05) is 38.1 Å². The molecule has 1 saturated heterocycles. The zero-order chi connectivity index (χ0) is 14.8. The number of rotatable bonds is 6. The van der Waals surface area contributed by atoms with E-state index in [2.05, 4.69) is 16.5 Å². The topological polar surface area (TPSA) is 80.4 Å². The summed E-state index contributed by atoms with van der Waals surface area (Å²) >= 11 is 0. The molecule has 0 saturated carbocycles. The van der Waals surface area contributed by atoms with E-state index in [0.29, 0.717) is 13.1 Å². The summed E-state index contributed by atoms with van der Waals surface area (Å²) in [5.74, 6) is 0. The molecule has 2 heterocycles. The molecule has 6 nitrogen and oxygen atoms in total. The molecule has 1 unspecified atom stereocenters. The molecule has 1 aliphatic rings. The molecule has 0 aromatic carbocycles. The fourth-order valence-electron chi connectivity index (χ4n) is 2.55. The number of nitrogens with zero attached hydrogens (tertiary/aromatic N) is 2. The van der Waals surface area contributed by atoms with E-state index in [9.17, 15) is 8.42 Å². The van der Waals surface area contributed by atoms with Crippen LogP contribution in [0.2, 0.25) is 0 Å². The van der Waals surface area contributed by atoms with Gasteiger partial charge < -0.3 is 10.3 Å². The quantitative estimate of drug-likeness (QED) is 0.789. The lowest BCUT2D eigenvalue weighted by Gasteiger charge is -2.23. The highest BCUT2D eigenvalue weighted by Crippen LogP contribution is 2.14. The van der Waals surface area contributed by atoms with Crippen LogP contribution in [0.5, 0.6) is 0 Å². The number of aryl methyl sites for hydroxylation is 1. The van der Waals surface area contributed by atoms with Gasteiger partial charge in [-0.3, -0.25) is 4.90 Å². The Morgan fingerprint density at radius 1 is 1.40 bits per heavy atom. The Labute approximate surface area is 121 Å². The Morgan fingerprint density at radius 2 is 2.05 bits per heavy atom. The van der Waals surface area contributed by atoms with Gasteiger partial charge in [0.1, 0.15) is 0 Å². The first-order valence-electron chi connectivity index (χ1n) is 7.03. The highest BCUT2D eigenvalue weighted by molar-refractivity contribution is 7.89. The third kappa shape index (κ3) is 3.41. The molecule has 0 spiro atoms. The summed E-state index contributed by atoms with van der Waals surface area (Å²) in [4.78, 5) is 2.60. The van der Waals surface area contributed by atoms with Crippen LogP contribution in [0.1, 0.15) is 25.5 Å². The molecule has 0 amide bonds. The Bertz CT molecular complexity index is 547. The molecule has 7 heteroatoms. The summed E-state index contributed by atoms with van der Waals surface area (Å²) < 4.78 is 28.9. The molecule has 0 radical (unpaired) electrons. The predicted octanol–water partition coefficient (Wildman–Crippen LogP) is 0.246. The van der Waals surface area contributed by atoms with Crippen LogP contribution in [-0.4, -0.2) is 43.6 Å². The fraction of sp³-hybridized carbons (Fsp3) is 0.692. The van der Waals surface area contributed by atoms with E-state index >= 15 is 0 Å². The van der Waals surface area contributed by atoms with Crippen molar-refractivity contribution in [3.05, 3.63) is 18.0 Å². The van der Waals surface area contributed by atoms with Crippen molar-refractivity contribution in [2.24, 2.45) is 12.8 Å². The fourth-order valence-corrected chi connectivity index (χ4v) is 3.77. The Morgan fingerprint density at radius 3 is 2.60 bits per heavy atom. The Hall–Kier alpha value is -0.890. The van der Waals surface area contributed by atoms with Crippen molar-refractivity contribution in [1.29, 1.82) is 0 Å². The lowest BCUT2D eigenvalue weighted by molar-refractivity contribution is 0.260. The monoisotopic (exact) mass is 300 g/mol.